The van der Waals surface area contributed by atoms with Crippen molar-refractivity contribution in [3.8, 4) is 11.5 Å². The molecular weight excluding hydrogens is 328 g/mol. The quantitative estimate of drug-likeness (QED) is 0.721. The molecular formula is C20H20N4O2. The lowest BCUT2D eigenvalue weighted by atomic mass is 10.1. The summed E-state index contributed by atoms with van der Waals surface area (Å²) >= 11 is 0. The van der Waals surface area contributed by atoms with Crippen LogP contribution in [0.4, 0.5) is 17.5 Å². The molecule has 0 fully saturated rings. The second kappa shape index (κ2) is 6.92. The van der Waals surface area contributed by atoms with Gasteiger partial charge in [-0.3, -0.25) is 0 Å². The van der Waals surface area contributed by atoms with Gasteiger partial charge < -0.3 is 20.1 Å². The number of ether oxygens (including phenoxy) is 2. The molecule has 1 aromatic heterocycles. The zero-order chi connectivity index (χ0) is 17.9. The number of benzene rings is 2. The molecule has 0 atom stereocenters. The van der Waals surface area contributed by atoms with E-state index < -0.39 is 0 Å². The molecule has 6 nitrogen and oxygen atoms in total. The van der Waals surface area contributed by atoms with Gasteiger partial charge in [0, 0.05) is 30.1 Å². The maximum absolute atomic E-state index is 5.40. The summed E-state index contributed by atoms with van der Waals surface area (Å²) in [6.07, 6.45) is 0. The van der Waals surface area contributed by atoms with E-state index in [-0.39, 0.29) is 6.79 Å². The minimum atomic E-state index is 0.257. The Balaban J connectivity index is 1.48. The molecule has 0 saturated carbocycles. The lowest BCUT2D eigenvalue weighted by Crippen LogP contribution is -2.05. The largest absolute Gasteiger partial charge is 0.454 e. The van der Waals surface area contributed by atoms with Crippen molar-refractivity contribution in [2.24, 2.45) is 0 Å². The molecule has 0 unspecified atom stereocenters. The van der Waals surface area contributed by atoms with Crippen LogP contribution in [0.2, 0.25) is 0 Å². The van der Waals surface area contributed by atoms with Crippen LogP contribution >= 0.6 is 0 Å². The number of hydrogen-bond acceptors (Lipinski definition) is 6. The lowest BCUT2D eigenvalue weighted by Gasteiger charge is -2.10. The number of nitrogens with zero attached hydrogens (tertiary/aromatic N) is 2. The van der Waals surface area contributed by atoms with Crippen molar-refractivity contribution in [2.75, 3.05) is 17.4 Å². The fraction of sp³-hybridized carbons (Fsp3) is 0.200. The monoisotopic (exact) mass is 348 g/mol. The summed E-state index contributed by atoms with van der Waals surface area (Å²) in [6.45, 7) is 5.00. The molecule has 0 aliphatic carbocycles. The fourth-order valence-corrected chi connectivity index (χ4v) is 2.72. The van der Waals surface area contributed by atoms with Crippen molar-refractivity contribution in [2.45, 2.75) is 20.4 Å². The highest BCUT2D eigenvalue weighted by molar-refractivity contribution is 5.61. The number of aryl methyl sites for hydroxylation is 2. The molecule has 26 heavy (non-hydrogen) atoms. The average Bonchev–Trinajstić information content (AvgIpc) is 3.08. The zero-order valence-electron chi connectivity index (χ0n) is 14.7. The van der Waals surface area contributed by atoms with Gasteiger partial charge in [-0.05, 0) is 31.5 Å². The van der Waals surface area contributed by atoms with Crippen LogP contribution in [0.5, 0.6) is 11.5 Å². The molecule has 132 valence electrons. The van der Waals surface area contributed by atoms with E-state index in [9.17, 15) is 0 Å². The van der Waals surface area contributed by atoms with Crippen LogP contribution in [-0.2, 0) is 6.54 Å². The molecule has 0 saturated heterocycles. The van der Waals surface area contributed by atoms with Crippen molar-refractivity contribution < 1.29 is 9.47 Å². The summed E-state index contributed by atoms with van der Waals surface area (Å²) in [7, 11) is 0. The number of nitrogens with one attached hydrogen (secondary N) is 2. The number of anilines is 3. The van der Waals surface area contributed by atoms with Crippen LogP contribution in [0.15, 0.2) is 48.5 Å². The molecule has 3 aromatic rings. The Hall–Kier alpha value is -3.28. The highest BCUT2D eigenvalue weighted by Gasteiger charge is 2.13. The van der Waals surface area contributed by atoms with Crippen molar-refractivity contribution in [1.82, 2.24) is 9.97 Å². The third-order valence-corrected chi connectivity index (χ3v) is 4.08. The Morgan fingerprint density at radius 3 is 2.58 bits per heavy atom. The van der Waals surface area contributed by atoms with E-state index in [0.717, 1.165) is 28.7 Å². The molecule has 1 aliphatic rings. The third kappa shape index (κ3) is 3.69. The van der Waals surface area contributed by atoms with Gasteiger partial charge in [-0.25, -0.2) is 4.98 Å². The van der Waals surface area contributed by atoms with Gasteiger partial charge in [0.2, 0.25) is 12.7 Å². The minimum absolute atomic E-state index is 0.257. The summed E-state index contributed by atoms with van der Waals surface area (Å²) in [5, 5.41) is 6.58. The summed E-state index contributed by atoms with van der Waals surface area (Å²) in [6, 6.07) is 16.0. The Bertz CT molecular complexity index is 926. The molecule has 2 aromatic carbocycles. The van der Waals surface area contributed by atoms with E-state index in [1.54, 1.807) is 0 Å². The topological polar surface area (TPSA) is 68.3 Å². The highest BCUT2D eigenvalue weighted by atomic mass is 16.7. The Morgan fingerprint density at radius 2 is 1.73 bits per heavy atom. The van der Waals surface area contributed by atoms with Crippen LogP contribution in [0.3, 0.4) is 0 Å². The van der Waals surface area contributed by atoms with E-state index in [1.165, 1.54) is 11.1 Å². The number of rotatable bonds is 5. The van der Waals surface area contributed by atoms with Crippen molar-refractivity contribution >= 4 is 17.5 Å². The molecule has 0 amide bonds. The number of hydrogen-bond donors (Lipinski definition) is 2. The first-order valence-corrected chi connectivity index (χ1v) is 8.47. The lowest BCUT2D eigenvalue weighted by molar-refractivity contribution is 0.174. The molecule has 0 radical (unpaired) electrons. The molecule has 2 N–H and O–H groups in total. The SMILES string of the molecule is Cc1ccc(CNc2cc(C)nc(Nc3ccc4c(c3)OCO4)n2)cc1. The second-order valence-corrected chi connectivity index (χ2v) is 6.25. The zero-order valence-corrected chi connectivity index (χ0v) is 14.7. The van der Waals surface area contributed by atoms with Crippen LogP contribution < -0.4 is 20.1 Å². The van der Waals surface area contributed by atoms with Gasteiger partial charge in [-0.1, -0.05) is 29.8 Å². The number of fused-ring (bicyclic) bond motifs is 1. The van der Waals surface area contributed by atoms with Gasteiger partial charge in [0.05, 0.1) is 0 Å². The smallest absolute Gasteiger partial charge is 0.231 e. The molecule has 0 spiro atoms. The minimum Gasteiger partial charge on any atom is -0.454 e. The van der Waals surface area contributed by atoms with Crippen LogP contribution in [0.25, 0.3) is 0 Å². The predicted molar refractivity (Wildman–Crippen MR) is 101 cm³/mol. The van der Waals surface area contributed by atoms with Crippen LogP contribution in [0, 0.1) is 13.8 Å². The van der Waals surface area contributed by atoms with E-state index >= 15 is 0 Å². The normalized spacial score (nSPS) is 12.1. The third-order valence-electron chi connectivity index (χ3n) is 4.08. The molecule has 6 heteroatoms. The molecule has 4 rings (SSSR count). The first-order chi connectivity index (χ1) is 12.7. The van der Waals surface area contributed by atoms with Gasteiger partial charge in [0.15, 0.2) is 11.5 Å². The summed E-state index contributed by atoms with van der Waals surface area (Å²) < 4.78 is 10.7. The summed E-state index contributed by atoms with van der Waals surface area (Å²) in [4.78, 5) is 9.00. The molecule has 0 bridgehead atoms. The van der Waals surface area contributed by atoms with E-state index in [0.29, 0.717) is 12.5 Å². The van der Waals surface area contributed by atoms with Gasteiger partial charge in [0.25, 0.3) is 0 Å². The second-order valence-electron chi connectivity index (χ2n) is 6.25. The van der Waals surface area contributed by atoms with Crippen molar-refractivity contribution in [3.63, 3.8) is 0 Å². The van der Waals surface area contributed by atoms with Crippen molar-refractivity contribution in [1.29, 1.82) is 0 Å². The summed E-state index contributed by atoms with van der Waals surface area (Å²) in [5.41, 5.74) is 4.19. The van der Waals surface area contributed by atoms with Crippen LogP contribution in [0.1, 0.15) is 16.8 Å². The van der Waals surface area contributed by atoms with E-state index in [2.05, 4.69) is 51.8 Å². The number of aromatic nitrogens is 2. The average molecular weight is 348 g/mol. The predicted octanol–water partition coefficient (Wildman–Crippen LogP) is 4.18. The maximum atomic E-state index is 5.40. The van der Waals surface area contributed by atoms with Crippen LogP contribution in [-0.4, -0.2) is 16.8 Å². The standard InChI is InChI=1S/C20H20N4O2/c1-13-3-5-15(6-4-13)11-21-19-9-14(2)22-20(24-19)23-16-7-8-17-18(10-16)26-12-25-17/h3-10H,11-12H2,1-2H3,(H2,21,22,23,24). The first-order valence-electron chi connectivity index (χ1n) is 8.47. The first kappa shape index (κ1) is 16.2. The van der Waals surface area contributed by atoms with E-state index in [4.69, 9.17) is 9.47 Å². The summed E-state index contributed by atoms with van der Waals surface area (Å²) in [5.74, 6) is 2.79. The maximum Gasteiger partial charge on any atom is 0.231 e. The highest BCUT2D eigenvalue weighted by Crippen LogP contribution is 2.34. The Kier molecular flexibility index (Phi) is 4.31. The van der Waals surface area contributed by atoms with E-state index in [1.807, 2.05) is 31.2 Å². The van der Waals surface area contributed by atoms with Gasteiger partial charge >= 0.3 is 0 Å². The Labute approximate surface area is 152 Å². The molecule has 2 heterocycles. The fourth-order valence-electron chi connectivity index (χ4n) is 2.72. The Morgan fingerprint density at radius 1 is 0.923 bits per heavy atom. The van der Waals surface area contributed by atoms with Gasteiger partial charge in [-0.2, -0.15) is 4.98 Å². The molecule has 1 aliphatic heterocycles. The van der Waals surface area contributed by atoms with Crippen molar-refractivity contribution in [3.05, 3.63) is 65.4 Å². The van der Waals surface area contributed by atoms with Gasteiger partial charge in [0.1, 0.15) is 5.82 Å². The van der Waals surface area contributed by atoms with Gasteiger partial charge in [-0.15, -0.1) is 0 Å².